The predicted molar refractivity (Wildman–Crippen MR) is 75.6 cm³/mol. The van der Waals surface area contributed by atoms with Gasteiger partial charge >= 0.3 is 5.97 Å². The van der Waals surface area contributed by atoms with Crippen molar-refractivity contribution in [2.75, 3.05) is 26.7 Å². The van der Waals surface area contributed by atoms with Gasteiger partial charge in [0.25, 0.3) is 0 Å². The quantitative estimate of drug-likeness (QED) is 0.843. The minimum Gasteiger partial charge on any atom is -0.465 e. The van der Waals surface area contributed by atoms with Gasteiger partial charge < -0.3 is 10.1 Å². The van der Waals surface area contributed by atoms with Crippen LogP contribution in [0.1, 0.15) is 23.0 Å². The highest BCUT2D eigenvalue weighted by atomic mass is 35.5. The molecule has 1 aliphatic heterocycles. The summed E-state index contributed by atoms with van der Waals surface area (Å²) >= 11 is 0. The summed E-state index contributed by atoms with van der Waals surface area (Å²) in [4.78, 5) is 18.0. The summed E-state index contributed by atoms with van der Waals surface area (Å²) in [6, 6.07) is 4.17. The molecule has 6 heteroatoms. The normalized spacial score (nSPS) is 19.6. The molecular weight excluding hydrogens is 266 g/mol. The minimum atomic E-state index is -0.343. The summed E-state index contributed by atoms with van der Waals surface area (Å²) in [5.74, 6) is -0.343. The molecule has 1 saturated heterocycles. The van der Waals surface area contributed by atoms with E-state index in [0.29, 0.717) is 11.6 Å². The Morgan fingerprint density at radius 1 is 1.58 bits per heavy atom. The van der Waals surface area contributed by atoms with Gasteiger partial charge in [-0.15, -0.1) is 12.4 Å². The topological polar surface area (TPSA) is 54.5 Å². The zero-order valence-corrected chi connectivity index (χ0v) is 12.1. The fourth-order valence-electron chi connectivity index (χ4n) is 2.08. The average molecular weight is 286 g/mol. The molecule has 2 heterocycles. The second-order valence-corrected chi connectivity index (χ2v) is 4.55. The number of pyridine rings is 1. The molecule has 19 heavy (non-hydrogen) atoms. The number of esters is 1. The molecule has 1 N–H and O–H groups in total. The van der Waals surface area contributed by atoms with Crippen LogP contribution in [0.3, 0.4) is 0 Å². The smallest absolute Gasteiger partial charge is 0.339 e. The molecule has 0 amide bonds. The van der Waals surface area contributed by atoms with Gasteiger partial charge in [0.15, 0.2) is 0 Å². The number of ether oxygens (including phenoxy) is 1. The van der Waals surface area contributed by atoms with Crippen LogP contribution in [0, 0.1) is 0 Å². The Morgan fingerprint density at radius 3 is 2.95 bits per heavy atom. The van der Waals surface area contributed by atoms with E-state index >= 15 is 0 Å². The molecule has 0 bridgehead atoms. The molecule has 1 aromatic heterocycles. The van der Waals surface area contributed by atoms with Crippen LogP contribution in [0.5, 0.6) is 0 Å². The highest BCUT2D eigenvalue weighted by Gasteiger charge is 2.18. The van der Waals surface area contributed by atoms with Crippen LogP contribution in [0.25, 0.3) is 0 Å². The van der Waals surface area contributed by atoms with Gasteiger partial charge in [-0.1, -0.05) is 0 Å². The van der Waals surface area contributed by atoms with Crippen LogP contribution in [0.4, 0.5) is 0 Å². The Labute approximate surface area is 119 Å². The fourth-order valence-corrected chi connectivity index (χ4v) is 2.08. The molecular formula is C13H20ClN3O2. The molecule has 106 valence electrons. The van der Waals surface area contributed by atoms with E-state index < -0.39 is 0 Å². The zero-order chi connectivity index (χ0) is 13.0. The molecule has 5 nitrogen and oxygen atoms in total. The summed E-state index contributed by atoms with van der Waals surface area (Å²) in [6.07, 6.45) is 1.58. The number of carbonyl (C=O) groups is 1. The molecule has 0 unspecified atom stereocenters. The van der Waals surface area contributed by atoms with E-state index in [-0.39, 0.29) is 18.4 Å². The lowest BCUT2D eigenvalue weighted by atomic mass is 10.2. The Bertz CT molecular complexity index is 411. The van der Waals surface area contributed by atoms with E-state index in [0.717, 1.165) is 31.9 Å². The lowest BCUT2D eigenvalue weighted by molar-refractivity contribution is 0.0600. The molecule has 1 atom stereocenters. The molecule has 0 radical (unpaired) electrons. The number of nitrogens with zero attached hydrogens (tertiary/aromatic N) is 2. The van der Waals surface area contributed by atoms with Gasteiger partial charge in [0.1, 0.15) is 0 Å². The summed E-state index contributed by atoms with van der Waals surface area (Å²) in [5.41, 5.74) is 1.48. The monoisotopic (exact) mass is 285 g/mol. The van der Waals surface area contributed by atoms with Crippen molar-refractivity contribution in [2.24, 2.45) is 0 Å². The first-order chi connectivity index (χ1) is 8.70. The van der Waals surface area contributed by atoms with Crippen molar-refractivity contribution in [3.05, 3.63) is 29.6 Å². The zero-order valence-electron chi connectivity index (χ0n) is 11.3. The average Bonchev–Trinajstić information content (AvgIpc) is 2.41. The van der Waals surface area contributed by atoms with Gasteiger partial charge in [0, 0.05) is 38.4 Å². The molecule has 0 aliphatic carbocycles. The molecule has 1 aromatic rings. The first-order valence-corrected chi connectivity index (χ1v) is 6.18. The first-order valence-electron chi connectivity index (χ1n) is 6.18. The van der Waals surface area contributed by atoms with E-state index in [2.05, 4.69) is 26.9 Å². The van der Waals surface area contributed by atoms with Gasteiger partial charge in [-0.05, 0) is 19.1 Å². The Morgan fingerprint density at radius 2 is 2.37 bits per heavy atom. The summed E-state index contributed by atoms with van der Waals surface area (Å²) in [7, 11) is 1.37. The predicted octanol–water partition coefficient (Wildman–Crippen LogP) is 1.08. The van der Waals surface area contributed by atoms with Crippen molar-refractivity contribution in [1.82, 2.24) is 15.2 Å². The SMILES string of the molecule is COC(=O)c1ccc(CN2CCNC[C@@H]2C)nc1.Cl. The van der Waals surface area contributed by atoms with E-state index in [1.165, 1.54) is 7.11 Å². The number of aromatic nitrogens is 1. The molecule has 1 fully saturated rings. The molecule has 2 rings (SSSR count). The van der Waals surface area contributed by atoms with Crippen LogP contribution in [-0.4, -0.2) is 48.6 Å². The molecule has 1 aliphatic rings. The van der Waals surface area contributed by atoms with Crippen molar-refractivity contribution in [2.45, 2.75) is 19.5 Å². The summed E-state index contributed by atoms with van der Waals surface area (Å²) < 4.78 is 4.65. The van der Waals surface area contributed by atoms with Crippen molar-refractivity contribution >= 4 is 18.4 Å². The lowest BCUT2D eigenvalue weighted by Gasteiger charge is -2.33. The maximum absolute atomic E-state index is 11.3. The third kappa shape index (κ3) is 4.16. The number of halogens is 1. The van der Waals surface area contributed by atoms with Gasteiger partial charge in [-0.3, -0.25) is 9.88 Å². The molecule has 0 saturated carbocycles. The number of rotatable bonds is 3. The standard InChI is InChI=1S/C13H19N3O2.ClH/c1-10-7-14-5-6-16(10)9-12-4-3-11(8-15-12)13(17)18-2;/h3-4,8,10,14H,5-7,9H2,1-2H3;1H/t10-;/m0./s1. The van der Waals surface area contributed by atoms with Crippen molar-refractivity contribution in [3.8, 4) is 0 Å². The van der Waals surface area contributed by atoms with E-state index in [4.69, 9.17) is 0 Å². The second-order valence-electron chi connectivity index (χ2n) is 4.55. The number of hydrogen-bond acceptors (Lipinski definition) is 5. The van der Waals surface area contributed by atoms with Gasteiger partial charge in [0.2, 0.25) is 0 Å². The number of carbonyl (C=O) groups excluding carboxylic acids is 1. The minimum absolute atomic E-state index is 0. The third-order valence-corrected chi connectivity index (χ3v) is 3.25. The Hall–Kier alpha value is -1.17. The largest absolute Gasteiger partial charge is 0.465 e. The Balaban J connectivity index is 0.00000180. The highest BCUT2D eigenvalue weighted by Crippen LogP contribution is 2.09. The number of piperazine rings is 1. The van der Waals surface area contributed by atoms with Crippen molar-refractivity contribution in [3.63, 3.8) is 0 Å². The maximum atomic E-state index is 11.3. The summed E-state index contributed by atoms with van der Waals surface area (Å²) in [5, 5.41) is 3.36. The lowest BCUT2D eigenvalue weighted by Crippen LogP contribution is -2.49. The Kier molecular flexibility index (Phi) is 6.21. The highest BCUT2D eigenvalue weighted by molar-refractivity contribution is 5.88. The first kappa shape index (κ1) is 15.9. The van der Waals surface area contributed by atoms with Gasteiger partial charge in [-0.25, -0.2) is 4.79 Å². The number of methoxy groups -OCH3 is 1. The van der Waals surface area contributed by atoms with E-state index in [1.807, 2.05) is 6.07 Å². The van der Waals surface area contributed by atoms with Crippen LogP contribution in [0.15, 0.2) is 18.3 Å². The molecule has 0 spiro atoms. The van der Waals surface area contributed by atoms with Crippen LogP contribution >= 0.6 is 12.4 Å². The van der Waals surface area contributed by atoms with Crippen LogP contribution in [0.2, 0.25) is 0 Å². The van der Waals surface area contributed by atoms with Crippen LogP contribution < -0.4 is 5.32 Å². The second kappa shape index (κ2) is 7.43. The number of nitrogens with one attached hydrogen (secondary N) is 1. The van der Waals surface area contributed by atoms with Crippen LogP contribution in [-0.2, 0) is 11.3 Å². The fraction of sp³-hybridized carbons (Fsp3) is 0.538. The van der Waals surface area contributed by atoms with Gasteiger partial charge in [0.05, 0.1) is 18.4 Å². The van der Waals surface area contributed by atoms with Gasteiger partial charge in [-0.2, -0.15) is 0 Å². The maximum Gasteiger partial charge on any atom is 0.339 e. The third-order valence-electron chi connectivity index (χ3n) is 3.25. The van der Waals surface area contributed by atoms with Crippen molar-refractivity contribution in [1.29, 1.82) is 0 Å². The summed E-state index contributed by atoms with van der Waals surface area (Å²) in [6.45, 7) is 6.09. The van der Waals surface area contributed by atoms with Crippen molar-refractivity contribution < 1.29 is 9.53 Å². The number of hydrogen-bond donors (Lipinski definition) is 1. The molecule has 0 aromatic carbocycles. The van der Waals surface area contributed by atoms with E-state index in [1.54, 1.807) is 12.3 Å². The van der Waals surface area contributed by atoms with E-state index in [9.17, 15) is 4.79 Å².